The van der Waals surface area contributed by atoms with E-state index in [1.54, 1.807) is 10.6 Å². The number of hydrogen-bond acceptors (Lipinski definition) is 3. The first kappa shape index (κ1) is 20.6. The van der Waals surface area contributed by atoms with Crippen molar-refractivity contribution in [1.82, 2.24) is 19.2 Å². The lowest BCUT2D eigenvalue weighted by Crippen LogP contribution is -2.39. The fraction of sp³-hybridized carbons (Fsp3) is 0.550. The van der Waals surface area contributed by atoms with Crippen LogP contribution in [0.25, 0.3) is 0 Å². The summed E-state index contributed by atoms with van der Waals surface area (Å²) in [4.78, 5) is 27.8. The zero-order valence-corrected chi connectivity index (χ0v) is 17.1. The SMILES string of the molecule is CCCN(CCC)C(=O)C1CCCn2c1nn(Cc1ccc(F)cc1Cl)c2=O. The van der Waals surface area contributed by atoms with Gasteiger partial charge in [0, 0.05) is 24.7 Å². The Labute approximate surface area is 168 Å². The van der Waals surface area contributed by atoms with E-state index < -0.39 is 11.7 Å². The summed E-state index contributed by atoms with van der Waals surface area (Å²) in [5, 5.41) is 4.73. The Morgan fingerprint density at radius 1 is 1.32 bits per heavy atom. The number of fused-ring (bicyclic) bond motifs is 1. The highest BCUT2D eigenvalue weighted by atomic mass is 35.5. The van der Waals surface area contributed by atoms with Crippen LogP contribution < -0.4 is 5.69 Å². The molecule has 0 spiro atoms. The normalized spacial score (nSPS) is 16.1. The second-order valence-electron chi connectivity index (χ2n) is 7.21. The van der Waals surface area contributed by atoms with E-state index in [1.165, 1.54) is 16.8 Å². The van der Waals surface area contributed by atoms with Crippen LogP contribution in [0.1, 0.15) is 56.8 Å². The summed E-state index contributed by atoms with van der Waals surface area (Å²) in [5.41, 5.74) is 0.354. The molecule has 28 heavy (non-hydrogen) atoms. The van der Waals surface area contributed by atoms with Crippen molar-refractivity contribution in [2.45, 2.75) is 58.5 Å². The minimum atomic E-state index is -0.428. The van der Waals surface area contributed by atoms with Crippen LogP contribution in [-0.2, 0) is 17.9 Å². The van der Waals surface area contributed by atoms with Gasteiger partial charge < -0.3 is 4.90 Å². The van der Waals surface area contributed by atoms with Gasteiger partial charge in [-0.1, -0.05) is 31.5 Å². The number of amides is 1. The third-order valence-electron chi connectivity index (χ3n) is 5.07. The third-order valence-corrected chi connectivity index (χ3v) is 5.42. The van der Waals surface area contributed by atoms with Crippen LogP contribution >= 0.6 is 11.6 Å². The molecule has 0 fully saturated rings. The number of benzene rings is 1. The molecule has 2 heterocycles. The van der Waals surface area contributed by atoms with Crippen LogP contribution in [0.15, 0.2) is 23.0 Å². The molecular weight excluding hydrogens is 383 g/mol. The summed E-state index contributed by atoms with van der Waals surface area (Å²) in [5.74, 6) is -0.259. The largest absolute Gasteiger partial charge is 0.346 e. The molecule has 3 rings (SSSR count). The third kappa shape index (κ3) is 4.14. The van der Waals surface area contributed by atoms with E-state index in [9.17, 15) is 14.0 Å². The second-order valence-corrected chi connectivity index (χ2v) is 7.61. The molecule has 0 saturated heterocycles. The fourth-order valence-corrected chi connectivity index (χ4v) is 3.98. The van der Waals surface area contributed by atoms with Gasteiger partial charge in [0.2, 0.25) is 5.91 Å². The molecule has 152 valence electrons. The second kappa shape index (κ2) is 8.90. The van der Waals surface area contributed by atoms with Crippen LogP contribution in [0.4, 0.5) is 4.39 Å². The molecule has 0 radical (unpaired) electrons. The van der Waals surface area contributed by atoms with Gasteiger partial charge in [-0.05, 0) is 43.4 Å². The Balaban J connectivity index is 1.91. The molecule has 1 aliphatic rings. The van der Waals surface area contributed by atoms with Crippen molar-refractivity contribution in [2.75, 3.05) is 13.1 Å². The van der Waals surface area contributed by atoms with Crippen molar-refractivity contribution < 1.29 is 9.18 Å². The van der Waals surface area contributed by atoms with Crippen molar-refractivity contribution in [3.8, 4) is 0 Å². The molecule has 0 N–H and O–H groups in total. The van der Waals surface area contributed by atoms with Crippen molar-refractivity contribution in [2.24, 2.45) is 0 Å². The molecule has 1 amide bonds. The first-order valence-electron chi connectivity index (χ1n) is 9.86. The smallest absolute Gasteiger partial charge is 0.342 e. The van der Waals surface area contributed by atoms with Crippen LogP contribution in [0.3, 0.4) is 0 Å². The van der Waals surface area contributed by atoms with Crippen molar-refractivity contribution in [3.63, 3.8) is 0 Å². The summed E-state index contributed by atoms with van der Waals surface area (Å²) in [6, 6.07) is 4.08. The number of halogens is 2. The summed E-state index contributed by atoms with van der Waals surface area (Å²) in [6.45, 7) is 6.21. The average molecular weight is 409 g/mol. The van der Waals surface area contributed by atoms with E-state index in [0.29, 0.717) is 37.4 Å². The van der Waals surface area contributed by atoms with Crippen LogP contribution in [-0.4, -0.2) is 38.2 Å². The molecular formula is C20H26ClFN4O2. The molecule has 1 aliphatic heterocycles. The Morgan fingerprint density at radius 2 is 2.04 bits per heavy atom. The van der Waals surface area contributed by atoms with Crippen molar-refractivity contribution in [3.05, 3.63) is 50.9 Å². The first-order chi connectivity index (χ1) is 13.5. The zero-order chi connectivity index (χ0) is 20.3. The van der Waals surface area contributed by atoms with Gasteiger partial charge in [0.25, 0.3) is 0 Å². The molecule has 6 nitrogen and oxygen atoms in total. The minimum Gasteiger partial charge on any atom is -0.342 e. The van der Waals surface area contributed by atoms with Crippen LogP contribution in [0.5, 0.6) is 0 Å². The molecule has 8 heteroatoms. The standard InChI is InChI=1S/C20H26ClFN4O2/c1-3-9-24(10-4-2)19(27)16-6-5-11-25-18(16)23-26(20(25)28)13-14-7-8-15(22)12-17(14)21/h7-8,12,16H,3-6,9-11,13H2,1-2H3. The van der Waals surface area contributed by atoms with E-state index in [0.717, 1.165) is 19.3 Å². The Kier molecular flexibility index (Phi) is 6.54. The van der Waals surface area contributed by atoms with E-state index in [-0.39, 0.29) is 23.2 Å². The topological polar surface area (TPSA) is 60.1 Å². The number of rotatable bonds is 7. The van der Waals surface area contributed by atoms with Gasteiger partial charge in [0.1, 0.15) is 11.6 Å². The summed E-state index contributed by atoms with van der Waals surface area (Å²) < 4.78 is 16.2. The maximum Gasteiger partial charge on any atom is 0.346 e. The van der Waals surface area contributed by atoms with Gasteiger partial charge in [0.15, 0.2) is 0 Å². The maximum atomic E-state index is 13.3. The van der Waals surface area contributed by atoms with E-state index in [4.69, 9.17) is 11.6 Å². The average Bonchev–Trinajstić information content (AvgIpc) is 2.99. The number of hydrogen-bond donors (Lipinski definition) is 0. The minimum absolute atomic E-state index is 0.0432. The lowest BCUT2D eigenvalue weighted by atomic mass is 9.97. The zero-order valence-electron chi connectivity index (χ0n) is 16.3. The quantitative estimate of drug-likeness (QED) is 0.705. The Morgan fingerprint density at radius 3 is 2.68 bits per heavy atom. The summed E-state index contributed by atoms with van der Waals surface area (Å²) >= 11 is 6.10. The van der Waals surface area contributed by atoms with Gasteiger partial charge in [-0.3, -0.25) is 9.36 Å². The highest BCUT2D eigenvalue weighted by Gasteiger charge is 2.33. The monoisotopic (exact) mass is 408 g/mol. The molecule has 1 aromatic carbocycles. The van der Waals surface area contributed by atoms with Gasteiger partial charge in [-0.15, -0.1) is 0 Å². The molecule has 0 saturated carbocycles. The highest BCUT2D eigenvalue weighted by Crippen LogP contribution is 2.27. The number of nitrogens with zero attached hydrogens (tertiary/aromatic N) is 4. The van der Waals surface area contributed by atoms with Crippen molar-refractivity contribution in [1.29, 1.82) is 0 Å². The number of carbonyl (C=O) groups is 1. The highest BCUT2D eigenvalue weighted by molar-refractivity contribution is 6.31. The lowest BCUT2D eigenvalue weighted by Gasteiger charge is -2.28. The first-order valence-corrected chi connectivity index (χ1v) is 10.2. The molecule has 0 aliphatic carbocycles. The molecule has 2 aromatic rings. The van der Waals surface area contributed by atoms with Crippen LogP contribution in [0, 0.1) is 5.82 Å². The van der Waals surface area contributed by atoms with Gasteiger partial charge >= 0.3 is 5.69 Å². The van der Waals surface area contributed by atoms with Crippen molar-refractivity contribution >= 4 is 17.5 Å². The number of carbonyl (C=O) groups excluding carboxylic acids is 1. The van der Waals surface area contributed by atoms with E-state index >= 15 is 0 Å². The maximum absolute atomic E-state index is 13.3. The predicted molar refractivity (Wildman–Crippen MR) is 106 cm³/mol. The Bertz CT molecular complexity index is 902. The van der Waals surface area contributed by atoms with E-state index in [1.807, 2.05) is 18.7 Å². The van der Waals surface area contributed by atoms with Gasteiger partial charge in [-0.25, -0.2) is 13.9 Å². The molecule has 1 aromatic heterocycles. The lowest BCUT2D eigenvalue weighted by molar-refractivity contribution is -0.133. The fourth-order valence-electron chi connectivity index (χ4n) is 3.75. The van der Waals surface area contributed by atoms with Crippen LogP contribution in [0.2, 0.25) is 5.02 Å². The molecule has 1 unspecified atom stereocenters. The number of aromatic nitrogens is 3. The Hall–Kier alpha value is -2.15. The van der Waals surface area contributed by atoms with Gasteiger partial charge in [0.05, 0.1) is 12.5 Å². The predicted octanol–water partition coefficient (Wildman–Crippen LogP) is 3.41. The summed E-state index contributed by atoms with van der Waals surface area (Å²) in [6.07, 6.45) is 3.24. The molecule has 0 bridgehead atoms. The van der Waals surface area contributed by atoms with E-state index in [2.05, 4.69) is 5.10 Å². The molecule has 1 atom stereocenters. The van der Waals surface area contributed by atoms with Gasteiger partial charge in [-0.2, -0.15) is 5.10 Å². The summed E-state index contributed by atoms with van der Waals surface area (Å²) in [7, 11) is 0.